The van der Waals surface area contributed by atoms with E-state index in [0.29, 0.717) is 0 Å². The third-order valence-electron chi connectivity index (χ3n) is 2.49. The molecule has 0 saturated heterocycles. The van der Waals surface area contributed by atoms with Gasteiger partial charge in [0.1, 0.15) is 5.69 Å². The predicted octanol–water partition coefficient (Wildman–Crippen LogP) is 3.12. The molecule has 2 aromatic rings. The van der Waals surface area contributed by atoms with Crippen molar-refractivity contribution >= 4 is 11.4 Å². The lowest BCUT2D eigenvalue weighted by Gasteiger charge is -2.05. The van der Waals surface area contributed by atoms with Crippen molar-refractivity contribution in [3.63, 3.8) is 0 Å². The predicted molar refractivity (Wildman–Crippen MR) is 62.9 cm³/mol. The number of anilines is 1. The third kappa shape index (κ3) is 2.00. The molecule has 2 rings (SSSR count). The number of hydrogen-bond acceptors (Lipinski definition) is 3. The van der Waals surface area contributed by atoms with Crippen molar-refractivity contribution in [2.45, 2.75) is 0 Å². The first kappa shape index (κ1) is 12.0. The number of nitrogens with two attached hydrogens (primary N) is 1. The van der Waals surface area contributed by atoms with Gasteiger partial charge in [-0.25, -0.2) is 8.78 Å². The van der Waals surface area contributed by atoms with Gasteiger partial charge in [0, 0.05) is 11.6 Å². The molecule has 0 atom stereocenters. The van der Waals surface area contributed by atoms with Crippen LogP contribution in [0.25, 0.3) is 11.1 Å². The van der Waals surface area contributed by atoms with Gasteiger partial charge in [0.2, 0.25) is 0 Å². The van der Waals surface area contributed by atoms with Crippen LogP contribution in [0.15, 0.2) is 36.4 Å². The molecule has 0 bridgehead atoms. The molecule has 6 heteroatoms. The summed E-state index contributed by atoms with van der Waals surface area (Å²) in [6, 6.07) is 7.46. The first-order valence-corrected chi connectivity index (χ1v) is 4.99. The molecule has 0 aliphatic heterocycles. The summed E-state index contributed by atoms with van der Waals surface area (Å²) in [6.07, 6.45) is 0. The summed E-state index contributed by atoms with van der Waals surface area (Å²) >= 11 is 0. The Labute approximate surface area is 101 Å². The number of nitro groups is 1. The second-order valence-electron chi connectivity index (χ2n) is 3.63. The maximum absolute atomic E-state index is 13.5. The van der Waals surface area contributed by atoms with Gasteiger partial charge in [-0.3, -0.25) is 10.1 Å². The maximum Gasteiger partial charge on any atom is 0.292 e. The minimum absolute atomic E-state index is 0.0273. The molecular weight excluding hydrogens is 242 g/mol. The van der Waals surface area contributed by atoms with Crippen LogP contribution in [0, 0.1) is 21.7 Å². The fourth-order valence-electron chi connectivity index (χ4n) is 1.60. The van der Waals surface area contributed by atoms with Crippen LogP contribution >= 0.6 is 0 Å². The number of nitro benzene ring substituents is 1. The number of nitrogen functional groups attached to an aromatic ring is 1. The summed E-state index contributed by atoms with van der Waals surface area (Å²) in [5.74, 6) is -2.05. The van der Waals surface area contributed by atoms with Gasteiger partial charge >= 0.3 is 0 Å². The van der Waals surface area contributed by atoms with Crippen molar-refractivity contribution < 1.29 is 13.7 Å². The first-order chi connectivity index (χ1) is 8.50. The Morgan fingerprint density at radius 3 is 2.56 bits per heavy atom. The van der Waals surface area contributed by atoms with Crippen molar-refractivity contribution in [2.75, 3.05) is 5.73 Å². The molecular formula is C12H8F2N2O2. The van der Waals surface area contributed by atoms with Crippen LogP contribution in [0.4, 0.5) is 20.2 Å². The van der Waals surface area contributed by atoms with Crippen molar-refractivity contribution in [1.82, 2.24) is 0 Å². The highest BCUT2D eigenvalue weighted by Crippen LogP contribution is 2.30. The van der Waals surface area contributed by atoms with Crippen molar-refractivity contribution in [1.29, 1.82) is 0 Å². The smallest absolute Gasteiger partial charge is 0.292 e. The Kier molecular flexibility index (Phi) is 2.93. The molecule has 18 heavy (non-hydrogen) atoms. The summed E-state index contributed by atoms with van der Waals surface area (Å²) in [4.78, 5) is 10.0. The van der Waals surface area contributed by atoms with E-state index in [-0.39, 0.29) is 22.5 Å². The second kappa shape index (κ2) is 4.40. The topological polar surface area (TPSA) is 69.2 Å². The lowest BCUT2D eigenvalue weighted by Crippen LogP contribution is -1.96. The fourth-order valence-corrected chi connectivity index (χ4v) is 1.60. The molecule has 0 aromatic heterocycles. The Balaban J connectivity index is 2.62. The largest absolute Gasteiger partial charge is 0.393 e. The van der Waals surface area contributed by atoms with Crippen LogP contribution in [0.3, 0.4) is 0 Å². The van der Waals surface area contributed by atoms with E-state index < -0.39 is 16.6 Å². The van der Waals surface area contributed by atoms with Crippen LogP contribution in [0.1, 0.15) is 0 Å². The van der Waals surface area contributed by atoms with E-state index in [4.69, 9.17) is 5.73 Å². The van der Waals surface area contributed by atoms with Crippen molar-refractivity contribution in [2.24, 2.45) is 0 Å². The van der Waals surface area contributed by atoms with E-state index in [9.17, 15) is 18.9 Å². The summed E-state index contributed by atoms with van der Waals surface area (Å²) < 4.78 is 26.6. The molecule has 92 valence electrons. The Morgan fingerprint density at radius 1 is 1.17 bits per heavy atom. The van der Waals surface area contributed by atoms with Crippen LogP contribution in [0.2, 0.25) is 0 Å². The minimum Gasteiger partial charge on any atom is -0.393 e. The molecule has 0 aliphatic rings. The summed E-state index contributed by atoms with van der Waals surface area (Å²) in [6.45, 7) is 0. The van der Waals surface area contributed by atoms with Crippen molar-refractivity contribution in [3.8, 4) is 11.1 Å². The summed E-state index contributed by atoms with van der Waals surface area (Å²) in [5, 5.41) is 10.7. The van der Waals surface area contributed by atoms with E-state index in [0.717, 1.165) is 12.1 Å². The normalized spacial score (nSPS) is 10.3. The average Bonchev–Trinajstić information content (AvgIpc) is 2.33. The molecule has 2 aromatic carbocycles. The van der Waals surface area contributed by atoms with E-state index in [1.165, 1.54) is 24.3 Å². The number of benzene rings is 2. The molecule has 0 aliphatic carbocycles. The Bertz CT molecular complexity index is 629. The van der Waals surface area contributed by atoms with E-state index in [2.05, 4.69) is 0 Å². The molecule has 0 spiro atoms. The Morgan fingerprint density at radius 2 is 1.89 bits per heavy atom. The average molecular weight is 250 g/mol. The molecule has 0 radical (unpaired) electrons. The zero-order valence-corrected chi connectivity index (χ0v) is 9.06. The molecule has 4 nitrogen and oxygen atoms in total. The highest BCUT2D eigenvalue weighted by molar-refractivity contribution is 5.72. The monoisotopic (exact) mass is 250 g/mol. The van der Waals surface area contributed by atoms with Gasteiger partial charge in [0.15, 0.2) is 11.6 Å². The second-order valence-corrected chi connectivity index (χ2v) is 3.63. The van der Waals surface area contributed by atoms with E-state index in [1.807, 2.05) is 0 Å². The zero-order chi connectivity index (χ0) is 13.3. The van der Waals surface area contributed by atoms with Gasteiger partial charge < -0.3 is 5.73 Å². The van der Waals surface area contributed by atoms with Gasteiger partial charge in [-0.1, -0.05) is 18.2 Å². The fraction of sp³-hybridized carbons (Fsp3) is 0. The number of rotatable bonds is 2. The molecule has 0 fully saturated rings. The van der Waals surface area contributed by atoms with Gasteiger partial charge in [0.05, 0.1) is 4.92 Å². The molecule has 2 N–H and O–H groups in total. The van der Waals surface area contributed by atoms with Crippen LogP contribution in [-0.4, -0.2) is 4.92 Å². The first-order valence-electron chi connectivity index (χ1n) is 4.99. The van der Waals surface area contributed by atoms with Crippen LogP contribution in [-0.2, 0) is 0 Å². The SMILES string of the molecule is Nc1ccc(-c2cccc(F)c2F)cc1[N+](=O)[O-]. The van der Waals surface area contributed by atoms with Gasteiger partial charge in [0.25, 0.3) is 5.69 Å². The molecule has 0 amide bonds. The number of nitrogens with zero attached hydrogens (tertiary/aromatic N) is 1. The van der Waals surface area contributed by atoms with Crippen molar-refractivity contribution in [3.05, 3.63) is 58.1 Å². The van der Waals surface area contributed by atoms with E-state index in [1.54, 1.807) is 0 Å². The number of hydrogen-bond donors (Lipinski definition) is 1. The standard InChI is InChI=1S/C12H8F2N2O2/c13-9-3-1-2-8(12(9)14)7-4-5-10(15)11(6-7)16(17)18/h1-6H,15H2. The third-order valence-corrected chi connectivity index (χ3v) is 2.49. The van der Waals surface area contributed by atoms with Gasteiger partial charge in [-0.05, 0) is 17.7 Å². The zero-order valence-electron chi connectivity index (χ0n) is 9.06. The van der Waals surface area contributed by atoms with Gasteiger partial charge in [-0.2, -0.15) is 0 Å². The highest BCUT2D eigenvalue weighted by atomic mass is 19.2. The molecule has 0 heterocycles. The summed E-state index contributed by atoms with van der Waals surface area (Å²) in [5.41, 5.74) is 5.22. The quantitative estimate of drug-likeness (QED) is 0.505. The minimum atomic E-state index is -1.04. The lowest BCUT2D eigenvalue weighted by atomic mass is 10.0. The number of halogens is 2. The highest BCUT2D eigenvalue weighted by Gasteiger charge is 2.15. The molecule has 0 unspecified atom stereocenters. The Hall–Kier alpha value is -2.50. The molecule has 0 saturated carbocycles. The van der Waals surface area contributed by atoms with Crippen LogP contribution in [0.5, 0.6) is 0 Å². The van der Waals surface area contributed by atoms with Crippen LogP contribution < -0.4 is 5.73 Å². The summed E-state index contributed by atoms with van der Waals surface area (Å²) in [7, 11) is 0. The van der Waals surface area contributed by atoms with Gasteiger partial charge in [-0.15, -0.1) is 0 Å². The lowest BCUT2D eigenvalue weighted by molar-refractivity contribution is -0.383. The van der Waals surface area contributed by atoms with E-state index >= 15 is 0 Å². The maximum atomic E-state index is 13.5.